The average Bonchev–Trinajstić information content (AvgIpc) is 2.41. The fraction of sp³-hybridized carbons (Fsp3) is 0.200. The van der Waals surface area contributed by atoms with Crippen molar-refractivity contribution >= 4 is 11.6 Å². The third-order valence-electron chi connectivity index (χ3n) is 3.02. The van der Waals surface area contributed by atoms with Crippen molar-refractivity contribution in [3.05, 3.63) is 58.4 Å². The van der Waals surface area contributed by atoms with Gasteiger partial charge in [-0.3, -0.25) is 0 Å². The van der Waals surface area contributed by atoms with Gasteiger partial charge in [0.2, 0.25) is 0 Å². The second-order valence-corrected chi connectivity index (χ2v) is 4.94. The molecule has 0 atom stereocenters. The van der Waals surface area contributed by atoms with E-state index in [1.54, 1.807) is 25.2 Å². The fourth-order valence-corrected chi connectivity index (χ4v) is 2.19. The lowest BCUT2D eigenvalue weighted by molar-refractivity contribution is -0.139. The van der Waals surface area contributed by atoms with Crippen LogP contribution in [0.3, 0.4) is 0 Å². The molecule has 6 heteroatoms. The molecule has 0 aliphatic rings. The topological polar surface area (TPSA) is 12.0 Å². The zero-order valence-corrected chi connectivity index (χ0v) is 11.8. The minimum Gasteiger partial charge on any atom is -0.316 e. The van der Waals surface area contributed by atoms with E-state index in [9.17, 15) is 17.6 Å². The van der Waals surface area contributed by atoms with Gasteiger partial charge in [0.1, 0.15) is 5.82 Å². The summed E-state index contributed by atoms with van der Waals surface area (Å²) < 4.78 is 51.5. The van der Waals surface area contributed by atoms with E-state index >= 15 is 0 Å². The molecule has 0 saturated carbocycles. The zero-order valence-electron chi connectivity index (χ0n) is 11.1. The monoisotopic (exact) mass is 317 g/mol. The normalized spacial score (nSPS) is 11.7. The molecule has 2 aromatic carbocycles. The summed E-state index contributed by atoms with van der Waals surface area (Å²) in [7, 11) is 1.74. The second-order valence-electron chi connectivity index (χ2n) is 4.53. The van der Waals surface area contributed by atoms with Crippen molar-refractivity contribution in [3.8, 4) is 11.1 Å². The van der Waals surface area contributed by atoms with E-state index < -0.39 is 17.6 Å². The van der Waals surface area contributed by atoms with Crippen LogP contribution in [0.1, 0.15) is 11.1 Å². The summed E-state index contributed by atoms with van der Waals surface area (Å²) in [6, 6.07) is 7.85. The van der Waals surface area contributed by atoms with Gasteiger partial charge in [0.05, 0.1) is 5.56 Å². The van der Waals surface area contributed by atoms with Gasteiger partial charge >= 0.3 is 6.18 Å². The number of halogens is 5. The molecule has 0 heterocycles. The molecule has 0 fully saturated rings. The van der Waals surface area contributed by atoms with Gasteiger partial charge < -0.3 is 5.32 Å². The van der Waals surface area contributed by atoms with E-state index in [2.05, 4.69) is 5.32 Å². The summed E-state index contributed by atoms with van der Waals surface area (Å²) in [6.45, 7) is 0.486. The van der Waals surface area contributed by atoms with Gasteiger partial charge in [-0.15, -0.1) is 0 Å². The molecule has 0 radical (unpaired) electrons. The molecule has 0 bridgehead atoms. The number of nitrogens with one attached hydrogen (secondary N) is 1. The second kappa shape index (κ2) is 6.03. The van der Waals surface area contributed by atoms with E-state index in [1.807, 2.05) is 0 Å². The first-order valence-corrected chi connectivity index (χ1v) is 6.51. The minimum absolute atomic E-state index is 0.290. The Morgan fingerprint density at radius 1 is 1.05 bits per heavy atom. The van der Waals surface area contributed by atoms with Gasteiger partial charge in [-0.25, -0.2) is 4.39 Å². The van der Waals surface area contributed by atoms with Crippen LogP contribution in [0.4, 0.5) is 17.6 Å². The van der Waals surface area contributed by atoms with Crippen LogP contribution in [0.2, 0.25) is 5.02 Å². The molecule has 1 nitrogen and oxygen atoms in total. The Hall–Kier alpha value is -1.59. The summed E-state index contributed by atoms with van der Waals surface area (Å²) in [5.74, 6) is -1.28. The highest BCUT2D eigenvalue weighted by Crippen LogP contribution is 2.35. The van der Waals surface area contributed by atoms with Crippen LogP contribution in [0.15, 0.2) is 36.4 Å². The largest absolute Gasteiger partial charge is 0.419 e. The average molecular weight is 318 g/mol. The van der Waals surface area contributed by atoms with Crippen LogP contribution in [0.5, 0.6) is 0 Å². The standard InChI is InChI=1S/C15H12ClF4N/c1-21-8-11-6-9(2-4-13(11)16)10-3-5-14(17)12(7-10)15(18,19)20/h2-7,21H,8H2,1H3. The summed E-state index contributed by atoms with van der Waals surface area (Å²) in [4.78, 5) is 0. The first kappa shape index (κ1) is 15.8. The highest BCUT2D eigenvalue weighted by molar-refractivity contribution is 6.31. The van der Waals surface area contributed by atoms with E-state index in [0.717, 1.165) is 17.7 Å². The Kier molecular flexibility index (Phi) is 4.54. The molecule has 0 saturated heterocycles. The molecule has 0 amide bonds. The SMILES string of the molecule is CNCc1cc(-c2ccc(F)c(C(F)(F)F)c2)ccc1Cl. The van der Waals surface area contributed by atoms with Gasteiger partial charge in [0.25, 0.3) is 0 Å². The maximum absolute atomic E-state index is 13.3. The molecule has 21 heavy (non-hydrogen) atoms. The van der Waals surface area contributed by atoms with Crippen molar-refractivity contribution < 1.29 is 17.6 Å². The van der Waals surface area contributed by atoms with E-state index in [-0.39, 0.29) is 5.56 Å². The van der Waals surface area contributed by atoms with Crippen molar-refractivity contribution in [2.75, 3.05) is 7.05 Å². The van der Waals surface area contributed by atoms with E-state index in [1.165, 1.54) is 6.07 Å². The maximum atomic E-state index is 13.3. The van der Waals surface area contributed by atoms with Crippen LogP contribution >= 0.6 is 11.6 Å². The lowest BCUT2D eigenvalue weighted by atomic mass is 10.0. The van der Waals surface area contributed by atoms with Crippen LogP contribution < -0.4 is 5.32 Å². The lowest BCUT2D eigenvalue weighted by Crippen LogP contribution is -2.08. The molecule has 0 aliphatic heterocycles. The van der Waals surface area contributed by atoms with Crippen molar-refractivity contribution in [1.29, 1.82) is 0 Å². The summed E-state index contributed by atoms with van der Waals surface area (Å²) in [6.07, 6.45) is -4.72. The predicted octanol–water partition coefficient (Wildman–Crippen LogP) is 4.88. The Morgan fingerprint density at radius 3 is 2.29 bits per heavy atom. The third-order valence-corrected chi connectivity index (χ3v) is 3.39. The molecular weight excluding hydrogens is 306 g/mol. The number of hydrogen-bond donors (Lipinski definition) is 1. The molecule has 0 aliphatic carbocycles. The quantitative estimate of drug-likeness (QED) is 0.795. The van der Waals surface area contributed by atoms with Gasteiger partial charge in [-0.2, -0.15) is 13.2 Å². The van der Waals surface area contributed by atoms with Gasteiger partial charge in [-0.05, 0) is 48.0 Å². The van der Waals surface area contributed by atoms with E-state index in [0.29, 0.717) is 17.1 Å². The smallest absolute Gasteiger partial charge is 0.316 e. The lowest BCUT2D eigenvalue weighted by Gasteiger charge is -2.12. The van der Waals surface area contributed by atoms with Crippen molar-refractivity contribution in [2.45, 2.75) is 12.7 Å². The number of alkyl halides is 3. The molecule has 112 valence electrons. The van der Waals surface area contributed by atoms with E-state index in [4.69, 9.17) is 11.6 Å². The Bertz CT molecular complexity index is 653. The third kappa shape index (κ3) is 3.54. The molecule has 0 unspecified atom stereocenters. The molecule has 2 rings (SSSR count). The van der Waals surface area contributed by atoms with Gasteiger partial charge in [0, 0.05) is 11.6 Å². The maximum Gasteiger partial charge on any atom is 0.419 e. The Labute approximate surface area is 124 Å². The van der Waals surface area contributed by atoms with Crippen LogP contribution in [0.25, 0.3) is 11.1 Å². The predicted molar refractivity (Wildman–Crippen MR) is 74.6 cm³/mol. The first-order chi connectivity index (χ1) is 9.82. The molecule has 0 spiro atoms. The highest BCUT2D eigenvalue weighted by Gasteiger charge is 2.34. The zero-order chi connectivity index (χ0) is 15.6. The summed E-state index contributed by atoms with van der Waals surface area (Å²) in [5, 5.41) is 3.44. The highest BCUT2D eigenvalue weighted by atomic mass is 35.5. The Balaban J connectivity index is 2.50. The Morgan fingerprint density at radius 2 is 1.67 bits per heavy atom. The minimum atomic E-state index is -4.72. The molecule has 1 N–H and O–H groups in total. The number of hydrogen-bond acceptors (Lipinski definition) is 1. The van der Waals surface area contributed by atoms with Crippen LogP contribution in [0, 0.1) is 5.82 Å². The van der Waals surface area contributed by atoms with Gasteiger partial charge in [0.15, 0.2) is 0 Å². The van der Waals surface area contributed by atoms with Crippen LogP contribution in [-0.2, 0) is 12.7 Å². The fourth-order valence-electron chi connectivity index (χ4n) is 2.00. The summed E-state index contributed by atoms with van der Waals surface area (Å²) >= 11 is 6.01. The van der Waals surface area contributed by atoms with Crippen molar-refractivity contribution in [3.63, 3.8) is 0 Å². The summed E-state index contributed by atoms with van der Waals surface area (Å²) in [5.41, 5.74) is 0.326. The van der Waals surface area contributed by atoms with Gasteiger partial charge in [-0.1, -0.05) is 23.7 Å². The number of rotatable bonds is 3. The molecule has 0 aromatic heterocycles. The van der Waals surface area contributed by atoms with Crippen molar-refractivity contribution in [1.82, 2.24) is 5.32 Å². The molecule has 2 aromatic rings. The van der Waals surface area contributed by atoms with Crippen molar-refractivity contribution in [2.24, 2.45) is 0 Å². The number of benzene rings is 2. The first-order valence-electron chi connectivity index (χ1n) is 6.13. The van der Waals surface area contributed by atoms with Crippen LogP contribution in [-0.4, -0.2) is 7.05 Å². The molecular formula is C15H12ClF4N.